The monoisotopic (exact) mass is 371 g/mol. The van der Waals surface area contributed by atoms with Crippen LogP contribution in [-0.2, 0) is 21.5 Å². The second kappa shape index (κ2) is 7.53. The molecule has 0 bridgehead atoms. The highest BCUT2D eigenvalue weighted by molar-refractivity contribution is 7.11. The Morgan fingerprint density at radius 2 is 1.96 bits per heavy atom. The highest BCUT2D eigenvalue weighted by atomic mass is 32.1. The van der Waals surface area contributed by atoms with Crippen LogP contribution in [0.1, 0.15) is 54.0 Å². The van der Waals surface area contributed by atoms with E-state index >= 15 is 0 Å². The van der Waals surface area contributed by atoms with Crippen LogP contribution in [0.3, 0.4) is 0 Å². The maximum atomic E-state index is 12.8. The Hall–Kier alpha value is -1.65. The predicted molar refractivity (Wildman–Crippen MR) is 108 cm³/mol. The van der Waals surface area contributed by atoms with Crippen molar-refractivity contribution in [1.82, 2.24) is 5.32 Å². The van der Waals surface area contributed by atoms with E-state index in [-0.39, 0.29) is 16.9 Å². The van der Waals surface area contributed by atoms with E-state index < -0.39 is 0 Å². The van der Waals surface area contributed by atoms with Crippen LogP contribution in [0.5, 0.6) is 0 Å². The molecule has 1 amide bonds. The van der Waals surface area contributed by atoms with Gasteiger partial charge in [-0.2, -0.15) is 0 Å². The fraction of sp³-hybridized carbons (Fsp3) is 0.500. The number of hydrogen-bond acceptors (Lipinski definition) is 3. The summed E-state index contributed by atoms with van der Waals surface area (Å²) in [6.45, 7) is 9.80. The molecule has 1 aromatic heterocycles. The van der Waals surface area contributed by atoms with Gasteiger partial charge in [-0.3, -0.25) is 4.79 Å². The van der Waals surface area contributed by atoms with Crippen LogP contribution in [0.15, 0.2) is 36.4 Å². The van der Waals surface area contributed by atoms with Gasteiger partial charge in [0.2, 0.25) is 5.91 Å². The first-order valence-corrected chi connectivity index (χ1v) is 10.1. The fourth-order valence-corrected chi connectivity index (χ4v) is 5.09. The Morgan fingerprint density at radius 3 is 2.62 bits per heavy atom. The smallest absolute Gasteiger partial charge is 0.221 e. The lowest BCUT2D eigenvalue weighted by Gasteiger charge is -2.45. The van der Waals surface area contributed by atoms with E-state index in [1.165, 1.54) is 20.9 Å². The summed E-state index contributed by atoms with van der Waals surface area (Å²) in [6.07, 6.45) is 2.25. The first-order chi connectivity index (χ1) is 12.3. The minimum atomic E-state index is -0.217. The van der Waals surface area contributed by atoms with Crippen LogP contribution in [0.4, 0.5) is 0 Å². The number of aryl methyl sites for hydroxylation is 2. The Bertz CT molecular complexity index is 780. The van der Waals surface area contributed by atoms with Crippen molar-refractivity contribution in [3.63, 3.8) is 0 Å². The van der Waals surface area contributed by atoms with E-state index in [0.717, 1.165) is 12.8 Å². The molecule has 3 nitrogen and oxygen atoms in total. The van der Waals surface area contributed by atoms with Gasteiger partial charge in [0.1, 0.15) is 0 Å². The van der Waals surface area contributed by atoms with Gasteiger partial charge in [0.05, 0.1) is 12.1 Å². The third-order valence-electron chi connectivity index (χ3n) is 5.31. The molecule has 0 radical (unpaired) electrons. The Morgan fingerprint density at radius 1 is 1.19 bits per heavy atom. The molecule has 0 spiro atoms. The summed E-state index contributed by atoms with van der Waals surface area (Å²) in [7, 11) is 0. The summed E-state index contributed by atoms with van der Waals surface area (Å²) >= 11 is 1.74. The van der Waals surface area contributed by atoms with Crippen LogP contribution in [0.2, 0.25) is 0 Å². The van der Waals surface area contributed by atoms with Gasteiger partial charge in [-0.1, -0.05) is 24.3 Å². The van der Waals surface area contributed by atoms with Crippen molar-refractivity contribution >= 4 is 17.2 Å². The number of thiophene rings is 1. The van der Waals surface area contributed by atoms with Crippen molar-refractivity contribution in [3.8, 4) is 0 Å². The summed E-state index contributed by atoms with van der Waals surface area (Å²) in [5.74, 6) is 0.122. The number of rotatable bonds is 5. The molecule has 1 aromatic carbocycles. The first kappa shape index (κ1) is 19.1. The van der Waals surface area contributed by atoms with Crippen molar-refractivity contribution in [2.24, 2.45) is 0 Å². The van der Waals surface area contributed by atoms with E-state index in [0.29, 0.717) is 19.6 Å². The summed E-state index contributed by atoms with van der Waals surface area (Å²) < 4.78 is 5.97. The van der Waals surface area contributed by atoms with Crippen molar-refractivity contribution in [1.29, 1.82) is 0 Å². The highest BCUT2D eigenvalue weighted by Crippen LogP contribution is 2.45. The van der Waals surface area contributed by atoms with Crippen molar-refractivity contribution in [2.75, 3.05) is 6.61 Å². The number of carbonyl (C=O) groups is 1. The van der Waals surface area contributed by atoms with Crippen molar-refractivity contribution in [3.05, 3.63) is 57.3 Å². The largest absolute Gasteiger partial charge is 0.376 e. The van der Waals surface area contributed by atoms with Crippen LogP contribution < -0.4 is 5.32 Å². The molecule has 4 heteroatoms. The molecule has 1 fully saturated rings. The quantitative estimate of drug-likeness (QED) is 0.812. The lowest BCUT2D eigenvalue weighted by atomic mass is 9.66. The van der Waals surface area contributed by atoms with E-state index in [1.807, 2.05) is 0 Å². The molecular weight excluding hydrogens is 342 g/mol. The van der Waals surface area contributed by atoms with Gasteiger partial charge in [-0.05, 0) is 63.8 Å². The normalized spacial score (nSPS) is 22.2. The minimum Gasteiger partial charge on any atom is -0.376 e. The van der Waals surface area contributed by atoms with Gasteiger partial charge < -0.3 is 10.1 Å². The van der Waals surface area contributed by atoms with Crippen LogP contribution >= 0.6 is 11.3 Å². The highest BCUT2D eigenvalue weighted by Gasteiger charge is 2.44. The summed E-state index contributed by atoms with van der Waals surface area (Å²) in [5, 5.41) is 3.13. The third kappa shape index (κ3) is 4.36. The SMILES string of the molecule is Cc1ccc(CNC(=O)CC2(c3ccccc3C)CCOC(C)(C)C2)s1. The van der Waals surface area contributed by atoms with Gasteiger partial charge in [0.25, 0.3) is 0 Å². The van der Waals surface area contributed by atoms with Crippen LogP contribution in [0, 0.1) is 13.8 Å². The summed E-state index contributed by atoms with van der Waals surface area (Å²) in [6, 6.07) is 12.7. The molecule has 140 valence electrons. The summed E-state index contributed by atoms with van der Waals surface area (Å²) in [4.78, 5) is 15.3. The zero-order valence-electron chi connectivity index (χ0n) is 16.2. The standard InChI is InChI=1S/C22H29NO2S/c1-16-7-5-6-8-19(16)22(11-12-25-21(3,4)15-22)13-20(24)23-14-18-10-9-17(2)26-18/h5-10H,11-15H2,1-4H3,(H,23,24). The fourth-order valence-electron chi connectivity index (χ4n) is 4.26. The van der Waals surface area contributed by atoms with Crippen molar-refractivity contribution in [2.45, 2.75) is 64.5 Å². The predicted octanol–water partition coefficient (Wildman–Crippen LogP) is 4.90. The van der Waals surface area contributed by atoms with Gasteiger partial charge in [-0.25, -0.2) is 0 Å². The molecule has 0 saturated carbocycles. The molecule has 1 aliphatic heterocycles. The van der Waals surface area contributed by atoms with Gasteiger partial charge in [0, 0.05) is 28.2 Å². The number of carbonyl (C=O) groups excluding carboxylic acids is 1. The molecule has 26 heavy (non-hydrogen) atoms. The van der Waals surface area contributed by atoms with E-state index in [4.69, 9.17) is 4.74 Å². The van der Waals surface area contributed by atoms with E-state index in [1.54, 1.807) is 11.3 Å². The second-order valence-corrected chi connectivity index (χ2v) is 9.47. The number of benzene rings is 1. The average molecular weight is 372 g/mol. The molecule has 1 aliphatic rings. The van der Waals surface area contributed by atoms with Crippen LogP contribution in [-0.4, -0.2) is 18.1 Å². The number of ether oxygens (including phenoxy) is 1. The van der Waals surface area contributed by atoms with Gasteiger partial charge >= 0.3 is 0 Å². The van der Waals surface area contributed by atoms with Crippen LogP contribution in [0.25, 0.3) is 0 Å². The molecule has 2 heterocycles. The Balaban J connectivity index is 1.80. The number of amides is 1. The van der Waals surface area contributed by atoms with E-state index in [2.05, 4.69) is 69.4 Å². The lowest BCUT2D eigenvalue weighted by Crippen LogP contribution is -2.46. The third-order valence-corrected chi connectivity index (χ3v) is 6.31. The minimum absolute atomic E-state index is 0.122. The molecule has 0 aliphatic carbocycles. The molecule has 1 unspecified atom stereocenters. The Kier molecular flexibility index (Phi) is 5.54. The first-order valence-electron chi connectivity index (χ1n) is 9.32. The second-order valence-electron chi connectivity index (χ2n) is 8.10. The number of nitrogens with one attached hydrogen (secondary N) is 1. The number of hydrogen-bond donors (Lipinski definition) is 1. The molecule has 1 atom stereocenters. The topological polar surface area (TPSA) is 38.3 Å². The molecule has 3 rings (SSSR count). The Labute approximate surface area is 160 Å². The molecule has 1 N–H and O–H groups in total. The average Bonchev–Trinajstić information content (AvgIpc) is 2.98. The lowest BCUT2D eigenvalue weighted by molar-refractivity contribution is -0.126. The molecule has 1 saturated heterocycles. The van der Waals surface area contributed by atoms with Crippen molar-refractivity contribution < 1.29 is 9.53 Å². The molecular formula is C22H29NO2S. The van der Waals surface area contributed by atoms with Gasteiger partial charge in [0.15, 0.2) is 0 Å². The van der Waals surface area contributed by atoms with E-state index in [9.17, 15) is 4.79 Å². The van der Waals surface area contributed by atoms with Gasteiger partial charge in [-0.15, -0.1) is 11.3 Å². The maximum Gasteiger partial charge on any atom is 0.221 e. The summed E-state index contributed by atoms with van der Waals surface area (Å²) in [5.41, 5.74) is 2.17. The molecule has 2 aromatic rings. The zero-order chi connectivity index (χ0) is 18.8. The zero-order valence-corrected chi connectivity index (χ0v) is 17.0. The maximum absolute atomic E-state index is 12.8.